The molecule has 1 N–H and O–H groups in total. The van der Waals surface area contributed by atoms with E-state index in [1.807, 2.05) is 0 Å². The molecule has 1 heterocycles. The molecule has 1 fully saturated rings. The molecule has 2 aromatic carbocycles. The zero-order chi connectivity index (χ0) is 15.9. The average molecular weight is 310 g/mol. The van der Waals surface area contributed by atoms with Crippen LogP contribution in [-0.2, 0) is 13.1 Å². The maximum Gasteiger partial charge on any atom is 0.0483 e. The van der Waals surface area contributed by atoms with Crippen LogP contribution in [-0.4, -0.2) is 47.7 Å². The Labute approximate surface area is 139 Å². The van der Waals surface area contributed by atoms with Crippen molar-refractivity contribution in [2.75, 3.05) is 32.8 Å². The predicted molar refractivity (Wildman–Crippen MR) is 94.0 cm³/mol. The molecule has 1 aliphatic rings. The van der Waals surface area contributed by atoms with Gasteiger partial charge in [-0.1, -0.05) is 60.7 Å². The molecule has 1 saturated heterocycles. The Balaban J connectivity index is 1.61. The van der Waals surface area contributed by atoms with Crippen LogP contribution in [0.1, 0.15) is 11.1 Å². The summed E-state index contributed by atoms with van der Waals surface area (Å²) in [5.74, 6) is 0.324. The lowest BCUT2D eigenvalue weighted by atomic mass is 10.1. The van der Waals surface area contributed by atoms with E-state index < -0.39 is 0 Å². The van der Waals surface area contributed by atoms with E-state index in [0.717, 1.165) is 39.3 Å². The fourth-order valence-corrected chi connectivity index (χ4v) is 3.34. The molecule has 0 radical (unpaired) electrons. The molecule has 23 heavy (non-hydrogen) atoms. The minimum atomic E-state index is 0.260. The molecule has 1 aliphatic heterocycles. The Hall–Kier alpha value is -1.68. The van der Waals surface area contributed by atoms with Gasteiger partial charge in [-0.15, -0.1) is 0 Å². The minimum absolute atomic E-state index is 0.260. The summed E-state index contributed by atoms with van der Waals surface area (Å²) in [7, 11) is 0. The minimum Gasteiger partial charge on any atom is -0.396 e. The molecule has 3 rings (SSSR count). The van der Waals surface area contributed by atoms with Crippen molar-refractivity contribution in [3.63, 3.8) is 0 Å². The van der Waals surface area contributed by atoms with Gasteiger partial charge in [-0.25, -0.2) is 0 Å². The molecule has 0 bridgehead atoms. The molecule has 0 atom stereocenters. The topological polar surface area (TPSA) is 26.7 Å². The van der Waals surface area contributed by atoms with Gasteiger partial charge in [-0.05, 0) is 11.1 Å². The van der Waals surface area contributed by atoms with Crippen LogP contribution in [0.25, 0.3) is 0 Å². The number of hydrogen-bond acceptors (Lipinski definition) is 3. The van der Waals surface area contributed by atoms with Crippen molar-refractivity contribution in [1.29, 1.82) is 0 Å². The SMILES string of the molecule is OCC1CN(Cc2ccccc2)CCN(Cc2ccccc2)C1. The third kappa shape index (κ3) is 4.90. The van der Waals surface area contributed by atoms with E-state index in [1.54, 1.807) is 0 Å². The van der Waals surface area contributed by atoms with Crippen LogP contribution >= 0.6 is 0 Å². The molecule has 122 valence electrons. The highest BCUT2D eigenvalue weighted by atomic mass is 16.3. The van der Waals surface area contributed by atoms with Crippen LogP contribution in [0, 0.1) is 5.92 Å². The van der Waals surface area contributed by atoms with Gasteiger partial charge in [0.05, 0.1) is 0 Å². The fourth-order valence-electron chi connectivity index (χ4n) is 3.34. The first kappa shape index (κ1) is 16.2. The van der Waals surface area contributed by atoms with E-state index in [9.17, 15) is 5.11 Å². The maximum absolute atomic E-state index is 9.73. The summed E-state index contributed by atoms with van der Waals surface area (Å²) in [4.78, 5) is 4.95. The van der Waals surface area contributed by atoms with Crippen LogP contribution < -0.4 is 0 Å². The van der Waals surface area contributed by atoms with Crippen molar-refractivity contribution in [3.05, 3.63) is 71.8 Å². The first-order chi connectivity index (χ1) is 11.3. The second-order valence-electron chi connectivity index (χ2n) is 6.49. The van der Waals surface area contributed by atoms with Crippen molar-refractivity contribution >= 4 is 0 Å². The Morgan fingerprint density at radius 2 is 1.17 bits per heavy atom. The van der Waals surface area contributed by atoms with Gasteiger partial charge in [-0.2, -0.15) is 0 Å². The fraction of sp³-hybridized carbons (Fsp3) is 0.400. The van der Waals surface area contributed by atoms with Crippen molar-refractivity contribution in [2.45, 2.75) is 13.1 Å². The summed E-state index contributed by atoms with van der Waals surface area (Å²) >= 11 is 0. The zero-order valence-electron chi connectivity index (χ0n) is 13.6. The molecule has 0 spiro atoms. The number of hydrogen-bond donors (Lipinski definition) is 1. The standard InChI is InChI=1S/C20H26N2O/c23-17-20-15-21(13-18-7-3-1-4-8-18)11-12-22(16-20)14-19-9-5-2-6-10-19/h1-10,20,23H,11-17H2. The predicted octanol–water partition coefficient (Wildman–Crippen LogP) is 2.61. The molecule has 2 aromatic rings. The molecular weight excluding hydrogens is 284 g/mol. The molecule has 0 amide bonds. The summed E-state index contributed by atoms with van der Waals surface area (Å²) < 4.78 is 0. The van der Waals surface area contributed by atoms with Gasteiger partial charge in [0.1, 0.15) is 0 Å². The summed E-state index contributed by atoms with van der Waals surface area (Å²) in [6, 6.07) is 21.2. The van der Waals surface area contributed by atoms with Crippen LogP contribution in [0.3, 0.4) is 0 Å². The Bertz CT molecular complexity index is 521. The van der Waals surface area contributed by atoms with E-state index in [-0.39, 0.29) is 6.61 Å². The van der Waals surface area contributed by atoms with E-state index in [0.29, 0.717) is 5.92 Å². The summed E-state index contributed by atoms with van der Waals surface area (Å²) in [6.07, 6.45) is 0. The Morgan fingerprint density at radius 3 is 1.57 bits per heavy atom. The van der Waals surface area contributed by atoms with Crippen LogP contribution in [0.4, 0.5) is 0 Å². The van der Waals surface area contributed by atoms with Crippen molar-refractivity contribution < 1.29 is 5.11 Å². The van der Waals surface area contributed by atoms with Gasteiger partial charge >= 0.3 is 0 Å². The molecule has 0 saturated carbocycles. The smallest absolute Gasteiger partial charge is 0.0483 e. The Morgan fingerprint density at radius 1 is 0.739 bits per heavy atom. The molecule has 3 nitrogen and oxygen atoms in total. The molecular formula is C20H26N2O. The van der Waals surface area contributed by atoms with Gasteiger partial charge in [0, 0.05) is 51.8 Å². The van der Waals surface area contributed by atoms with Crippen LogP contribution in [0.2, 0.25) is 0 Å². The third-order valence-electron chi connectivity index (χ3n) is 4.52. The molecule has 3 heteroatoms. The maximum atomic E-state index is 9.73. The molecule has 0 aromatic heterocycles. The quantitative estimate of drug-likeness (QED) is 0.919. The first-order valence-corrected chi connectivity index (χ1v) is 8.47. The number of rotatable bonds is 5. The van der Waals surface area contributed by atoms with Gasteiger partial charge in [0.15, 0.2) is 0 Å². The average Bonchev–Trinajstić information content (AvgIpc) is 2.79. The van der Waals surface area contributed by atoms with Gasteiger partial charge in [-0.3, -0.25) is 9.80 Å². The lowest BCUT2D eigenvalue weighted by Gasteiger charge is -2.23. The Kier molecular flexibility index (Phi) is 5.81. The summed E-state index contributed by atoms with van der Waals surface area (Å²) in [6.45, 7) is 6.24. The largest absolute Gasteiger partial charge is 0.396 e. The monoisotopic (exact) mass is 310 g/mol. The normalized spacial score (nSPS) is 18.0. The number of aliphatic hydroxyl groups is 1. The molecule has 0 aliphatic carbocycles. The highest BCUT2D eigenvalue weighted by Gasteiger charge is 2.22. The molecule has 0 unspecified atom stereocenters. The van der Waals surface area contributed by atoms with Crippen molar-refractivity contribution in [2.24, 2.45) is 5.92 Å². The second-order valence-corrected chi connectivity index (χ2v) is 6.49. The third-order valence-corrected chi connectivity index (χ3v) is 4.52. The van der Waals surface area contributed by atoms with E-state index >= 15 is 0 Å². The van der Waals surface area contributed by atoms with Gasteiger partial charge in [0.2, 0.25) is 0 Å². The first-order valence-electron chi connectivity index (χ1n) is 8.47. The number of aliphatic hydroxyl groups excluding tert-OH is 1. The lowest BCUT2D eigenvalue weighted by molar-refractivity contribution is 0.161. The van der Waals surface area contributed by atoms with Crippen LogP contribution in [0.5, 0.6) is 0 Å². The number of benzene rings is 2. The van der Waals surface area contributed by atoms with Gasteiger partial charge in [0.25, 0.3) is 0 Å². The zero-order valence-corrected chi connectivity index (χ0v) is 13.6. The van der Waals surface area contributed by atoms with E-state index in [1.165, 1.54) is 11.1 Å². The van der Waals surface area contributed by atoms with E-state index in [2.05, 4.69) is 70.5 Å². The summed E-state index contributed by atoms with van der Waals surface area (Å²) in [5, 5.41) is 9.73. The lowest BCUT2D eigenvalue weighted by Crippen LogP contribution is -2.31. The van der Waals surface area contributed by atoms with Crippen LogP contribution in [0.15, 0.2) is 60.7 Å². The highest BCUT2D eigenvalue weighted by molar-refractivity contribution is 5.15. The number of nitrogens with zero attached hydrogens (tertiary/aromatic N) is 2. The van der Waals surface area contributed by atoms with Crippen molar-refractivity contribution in [1.82, 2.24) is 9.80 Å². The van der Waals surface area contributed by atoms with Gasteiger partial charge < -0.3 is 5.11 Å². The second kappa shape index (κ2) is 8.25. The van der Waals surface area contributed by atoms with E-state index in [4.69, 9.17) is 0 Å². The highest BCUT2D eigenvalue weighted by Crippen LogP contribution is 2.15. The van der Waals surface area contributed by atoms with Crippen molar-refractivity contribution in [3.8, 4) is 0 Å². The summed E-state index contributed by atoms with van der Waals surface area (Å²) in [5.41, 5.74) is 2.70.